The third kappa shape index (κ3) is 3.11. The smallest absolute Gasteiger partial charge is 0.244 e. The maximum atomic E-state index is 13.1. The highest BCUT2D eigenvalue weighted by molar-refractivity contribution is 7.92. The van der Waals surface area contributed by atoms with Crippen molar-refractivity contribution in [2.45, 2.75) is 54.5 Å². The maximum Gasteiger partial charge on any atom is 0.244 e. The molecule has 29 heavy (non-hydrogen) atoms. The standard InChI is InChI=1S/C21H22N4O3S/c26-21(14-24-20-9-5-4-8-19(20)22-23-24)25-15-10-11-16(25)13-18(12-15)29(27,28)17-6-2-1-3-7-17/h1-9,15-16,18H,10-14H2/t15-,16+,18?. The van der Waals surface area contributed by atoms with E-state index in [0.717, 1.165) is 23.9 Å². The van der Waals surface area contributed by atoms with E-state index in [-0.39, 0.29) is 24.5 Å². The Labute approximate surface area is 169 Å². The van der Waals surface area contributed by atoms with Gasteiger partial charge >= 0.3 is 0 Å². The number of amides is 1. The van der Waals surface area contributed by atoms with Crippen LogP contribution in [0.1, 0.15) is 25.7 Å². The molecule has 8 heteroatoms. The predicted molar refractivity (Wildman–Crippen MR) is 108 cm³/mol. The maximum absolute atomic E-state index is 13.1. The quantitative estimate of drug-likeness (QED) is 0.659. The molecule has 1 aromatic heterocycles. The molecule has 0 N–H and O–H groups in total. The summed E-state index contributed by atoms with van der Waals surface area (Å²) in [6.45, 7) is 0.129. The number of carbonyl (C=O) groups excluding carboxylic acids is 1. The number of nitrogens with zero attached hydrogens (tertiary/aromatic N) is 4. The Bertz CT molecular complexity index is 1140. The fourth-order valence-corrected chi connectivity index (χ4v) is 6.71. The summed E-state index contributed by atoms with van der Waals surface area (Å²) in [5.41, 5.74) is 1.59. The number of para-hydroxylation sites is 1. The second-order valence-corrected chi connectivity index (χ2v) is 10.1. The van der Waals surface area contributed by atoms with Crippen LogP contribution in [0.15, 0.2) is 59.5 Å². The van der Waals surface area contributed by atoms with Gasteiger partial charge in [-0.2, -0.15) is 0 Å². The molecule has 150 valence electrons. The van der Waals surface area contributed by atoms with Crippen LogP contribution in [0.25, 0.3) is 11.0 Å². The number of hydrogen-bond acceptors (Lipinski definition) is 5. The molecule has 3 heterocycles. The lowest BCUT2D eigenvalue weighted by Crippen LogP contribution is -2.50. The van der Waals surface area contributed by atoms with E-state index in [2.05, 4.69) is 10.3 Å². The highest BCUT2D eigenvalue weighted by atomic mass is 32.2. The zero-order valence-corrected chi connectivity index (χ0v) is 16.7. The van der Waals surface area contributed by atoms with Gasteiger partial charge in [0.25, 0.3) is 0 Å². The van der Waals surface area contributed by atoms with Gasteiger partial charge in [0.2, 0.25) is 5.91 Å². The Morgan fingerprint density at radius 1 is 0.966 bits per heavy atom. The van der Waals surface area contributed by atoms with Crippen LogP contribution in [0, 0.1) is 0 Å². The minimum absolute atomic E-state index is 0.0105. The molecule has 7 nitrogen and oxygen atoms in total. The minimum Gasteiger partial charge on any atom is -0.335 e. The van der Waals surface area contributed by atoms with Crippen molar-refractivity contribution in [3.05, 3.63) is 54.6 Å². The molecule has 2 saturated heterocycles. The van der Waals surface area contributed by atoms with E-state index >= 15 is 0 Å². The van der Waals surface area contributed by atoms with Crippen molar-refractivity contribution in [3.63, 3.8) is 0 Å². The molecule has 3 atom stereocenters. The predicted octanol–water partition coefficient (Wildman–Crippen LogP) is 2.43. The summed E-state index contributed by atoms with van der Waals surface area (Å²) in [6, 6.07) is 16.1. The van der Waals surface area contributed by atoms with E-state index in [1.807, 2.05) is 35.2 Å². The van der Waals surface area contributed by atoms with Crippen LogP contribution in [0.3, 0.4) is 0 Å². The summed E-state index contributed by atoms with van der Waals surface area (Å²) in [7, 11) is -3.38. The first-order chi connectivity index (χ1) is 14.0. The summed E-state index contributed by atoms with van der Waals surface area (Å²) in [5.74, 6) is -0.0105. The van der Waals surface area contributed by atoms with E-state index in [1.165, 1.54) is 0 Å². The molecular weight excluding hydrogens is 388 g/mol. The summed E-state index contributed by atoms with van der Waals surface area (Å²) in [5, 5.41) is 7.80. The van der Waals surface area contributed by atoms with Crippen molar-refractivity contribution in [3.8, 4) is 0 Å². The van der Waals surface area contributed by atoms with E-state index < -0.39 is 15.1 Å². The third-order valence-electron chi connectivity index (χ3n) is 6.19. The number of benzene rings is 2. The second kappa shape index (κ2) is 6.95. The number of rotatable bonds is 4. The molecule has 2 bridgehead atoms. The van der Waals surface area contributed by atoms with Crippen LogP contribution in [0.4, 0.5) is 0 Å². The van der Waals surface area contributed by atoms with Crippen LogP contribution in [0.5, 0.6) is 0 Å². The molecule has 2 aromatic carbocycles. The lowest BCUT2D eigenvalue weighted by atomic mass is 10.0. The van der Waals surface area contributed by atoms with E-state index in [4.69, 9.17) is 0 Å². The largest absolute Gasteiger partial charge is 0.335 e. The second-order valence-electron chi connectivity index (χ2n) is 7.87. The normalized spacial score (nSPS) is 24.1. The highest BCUT2D eigenvalue weighted by Gasteiger charge is 2.47. The Hall–Kier alpha value is -2.74. The van der Waals surface area contributed by atoms with Gasteiger partial charge in [-0.1, -0.05) is 35.5 Å². The van der Waals surface area contributed by atoms with Gasteiger partial charge in [-0.05, 0) is 49.9 Å². The van der Waals surface area contributed by atoms with Crippen molar-refractivity contribution >= 4 is 26.8 Å². The first-order valence-electron chi connectivity index (χ1n) is 9.92. The molecule has 5 rings (SSSR count). The van der Waals surface area contributed by atoms with E-state index in [0.29, 0.717) is 17.7 Å². The molecule has 1 amide bonds. The minimum atomic E-state index is -3.38. The van der Waals surface area contributed by atoms with Gasteiger partial charge in [0.05, 0.1) is 15.7 Å². The Morgan fingerprint density at radius 3 is 2.34 bits per heavy atom. The van der Waals surface area contributed by atoms with Gasteiger partial charge in [-0.25, -0.2) is 13.1 Å². The first-order valence-corrected chi connectivity index (χ1v) is 11.5. The van der Waals surface area contributed by atoms with Crippen LogP contribution in [0.2, 0.25) is 0 Å². The van der Waals surface area contributed by atoms with Gasteiger partial charge in [-0.3, -0.25) is 4.79 Å². The summed E-state index contributed by atoms with van der Waals surface area (Å²) in [4.78, 5) is 15.4. The van der Waals surface area contributed by atoms with E-state index in [1.54, 1.807) is 28.9 Å². The number of hydrogen-bond donors (Lipinski definition) is 0. The number of carbonyl (C=O) groups is 1. The Kier molecular flexibility index (Phi) is 4.38. The molecule has 2 aliphatic heterocycles. The third-order valence-corrected chi connectivity index (χ3v) is 8.39. The fourth-order valence-electron chi connectivity index (χ4n) is 4.83. The molecular formula is C21H22N4O3S. The monoisotopic (exact) mass is 410 g/mol. The highest BCUT2D eigenvalue weighted by Crippen LogP contribution is 2.40. The van der Waals surface area contributed by atoms with Gasteiger partial charge in [0.1, 0.15) is 12.1 Å². The van der Waals surface area contributed by atoms with Crippen LogP contribution in [-0.4, -0.2) is 51.6 Å². The van der Waals surface area contributed by atoms with Gasteiger partial charge in [0, 0.05) is 12.1 Å². The van der Waals surface area contributed by atoms with Crippen molar-refractivity contribution in [2.24, 2.45) is 0 Å². The van der Waals surface area contributed by atoms with Crippen LogP contribution >= 0.6 is 0 Å². The van der Waals surface area contributed by atoms with Gasteiger partial charge in [0.15, 0.2) is 9.84 Å². The SMILES string of the molecule is O=C(Cn1nnc2ccccc21)N1[C@@H]2CC[C@H]1CC(S(=O)(=O)c1ccccc1)C2. The molecule has 0 spiro atoms. The molecule has 3 aromatic rings. The van der Waals surface area contributed by atoms with Crippen LogP contribution < -0.4 is 0 Å². The Balaban J connectivity index is 1.35. The molecule has 2 fully saturated rings. The van der Waals surface area contributed by atoms with Crippen molar-refractivity contribution in [2.75, 3.05) is 0 Å². The number of aromatic nitrogens is 3. The van der Waals surface area contributed by atoms with Crippen LogP contribution in [-0.2, 0) is 21.2 Å². The Morgan fingerprint density at radius 2 is 1.62 bits per heavy atom. The number of piperidine rings is 1. The van der Waals surface area contributed by atoms with Crippen molar-refractivity contribution in [1.82, 2.24) is 19.9 Å². The zero-order chi connectivity index (χ0) is 20.0. The summed E-state index contributed by atoms with van der Waals surface area (Å²) in [6.07, 6.45) is 2.71. The zero-order valence-electron chi connectivity index (χ0n) is 15.9. The molecule has 0 radical (unpaired) electrons. The van der Waals surface area contributed by atoms with E-state index in [9.17, 15) is 13.2 Å². The number of fused-ring (bicyclic) bond motifs is 3. The molecule has 0 saturated carbocycles. The lowest BCUT2D eigenvalue weighted by Gasteiger charge is -2.38. The summed E-state index contributed by atoms with van der Waals surface area (Å²) < 4.78 is 27.7. The number of sulfone groups is 1. The van der Waals surface area contributed by atoms with Gasteiger partial charge in [-0.15, -0.1) is 5.10 Å². The van der Waals surface area contributed by atoms with Crippen molar-refractivity contribution < 1.29 is 13.2 Å². The topological polar surface area (TPSA) is 85.2 Å². The lowest BCUT2D eigenvalue weighted by molar-refractivity contribution is -0.136. The first kappa shape index (κ1) is 18.3. The average Bonchev–Trinajstić information content (AvgIpc) is 3.26. The molecule has 0 aliphatic carbocycles. The van der Waals surface area contributed by atoms with Gasteiger partial charge < -0.3 is 4.90 Å². The van der Waals surface area contributed by atoms with Crippen molar-refractivity contribution in [1.29, 1.82) is 0 Å². The summed E-state index contributed by atoms with van der Waals surface area (Å²) >= 11 is 0. The molecule has 2 aliphatic rings. The molecule has 1 unspecified atom stereocenters. The fraction of sp³-hybridized carbons (Fsp3) is 0.381. The average molecular weight is 410 g/mol.